The molecule has 0 radical (unpaired) electrons. The van der Waals surface area contributed by atoms with Crippen molar-refractivity contribution in [3.05, 3.63) is 65.2 Å². The highest BCUT2D eigenvalue weighted by Crippen LogP contribution is 2.19. The summed E-state index contributed by atoms with van der Waals surface area (Å²) in [5.41, 5.74) is 2.18. The van der Waals surface area contributed by atoms with Gasteiger partial charge in [0.2, 0.25) is 5.91 Å². The molecule has 1 aliphatic heterocycles. The van der Waals surface area contributed by atoms with Crippen molar-refractivity contribution in [2.24, 2.45) is 4.99 Å². The summed E-state index contributed by atoms with van der Waals surface area (Å²) in [7, 11) is 1.67. The molecule has 7 nitrogen and oxygen atoms in total. The molecule has 1 saturated heterocycles. The number of piperazine rings is 1. The van der Waals surface area contributed by atoms with Gasteiger partial charge in [0.25, 0.3) is 0 Å². The Hall–Kier alpha value is -2.77. The van der Waals surface area contributed by atoms with E-state index in [4.69, 9.17) is 11.6 Å². The molecule has 2 aromatic rings. The van der Waals surface area contributed by atoms with Crippen LogP contribution in [0.1, 0.15) is 11.5 Å². The van der Waals surface area contributed by atoms with Gasteiger partial charge in [0.1, 0.15) is 0 Å². The summed E-state index contributed by atoms with van der Waals surface area (Å²) in [5.74, 6) is 0.541. The quantitative estimate of drug-likeness (QED) is 0.450. The Morgan fingerprint density at radius 1 is 1.06 bits per heavy atom. The fourth-order valence-electron chi connectivity index (χ4n) is 3.59. The zero-order chi connectivity index (χ0) is 22.1. The zero-order valence-corrected chi connectivity index (χ0v) is 18.6. The average molecular weight is 444 g/mol. The molecule has 166 valence electrons. The van der Waals surface area contributed by atoms with E-state index in [9.17, 15) is 9.90 Å². The highest BCUT2D eigenvalue weighted by molar-refractivity contribution is 6.30. The van der Waals surface area contributed by atoms with Gasteiger partial charge in [0.15, 0.2) is 5.96 Å². The lowest BCUT2D eigenvalue weighted by atomic mass is 10.0. The molecule has 0 saturated carbocycles. The van der Waals surface area contributed by atoms with E-state index >= 15 is 0 Å². The summed E-state index contributed by atoms with van der Waals surface area (Å²) in [4.78, 5) is 20.9. The molecule has 3 rings (SSSR count). The molecule has 1 heterocycles. The topological polar surface area (TPSA) is 80.2 Å². The van der Waals surface area contributed by atoms with Crippen LogP contribution >= 0.6 is 11.6 Å². The standard InChI is InChI=1S/C23H30ClN5O2/c1-25-23(26-15-19(17-30)18-5-3-2-4-6-18)27-16-22(31)29-13-11-28(12-14-29)21-9-7-20(24)8-10-21/h2-10,19,30H,11-17H2,1H3,(H2,25,26,27). The van der Waals surface area contributed by atoms with Crippen LogP contribution in [0.15, 0.2) is 59.6 Å². The number of nitrogens with one attached hydrogen (secondary N) is 2. The Morgan fingerprint density at radius 3 is 2.35 bits per heavy atom. The number of aliphatic hydroxyl groups excluding tert-OH is 1. The van der Waals surface area contributed by atoms with E-state index in [1.807, 2.05) is 59.5 Å². The van der Waals surface area contributed by atoms with Gasteiger partial charge in [-0.1, -0.05) is 41.9 Å². The lowest BCUT2D eigenvalue weighted by Gasteiger charge is -2.36. The fourth-order valence-corrected chi connectivity index (χ4v) is 3.72. The number of anilines is 1. The first kappa shape index (κ1) is 22.9. The SMILES string of the molecule is CN=C(NCC(=O)N1CCN(c2ccc(Cl)cc2)CC1)NCC(CO)c1ccccc1. The number of aliphatic imine (C=N–C) groups is 1. The van der Waals surface area contributed by atoms with Crippen LogP contribution < -0.4 is 15.5 Å². The summed E-state index contributed by atoms with van der Waals surface area (Å²) < 4.78 is 0. The van der Waals surface area contributed by atoms with Crippen molar-refractivity contribution in [2.75, 3.05) is 57.8 Å². The van der Waals surface area contributed by atoms with E-state index in [1.165, 1.54) is 0 Å². The number of amides is 1. The number of hydrogen-bond acceptors (Lipinski definition) is 4. The van der Waals surface area contributed by atoms with Gasteiger partial charge in [-0.25, -0.2) is 0 Å². The second-order valence-corrected chi connectivity index (χ2v) is 7.88. The minimum Gasteiger partial charge on any atom is -0.396 e. The maximum absolute atomic E-state index is 12.6. The Labute approximate surface area is 188 Å². The number of guanidine groups is 1. The number of aliphatic hydroxyl groups is 1. The van der Waals surface area contributed by atoms with Crippen LogP contribution in [-0.4, -0.2) is 74.8 Å². The summed E-state index contributed by atoms with van der Waals surface area (Å²) in [6, 6.07) is 17.6. The van der Waals surface area contributed by atoms with Crippen LogP contribution in [0, 0.1) is 0 Å². The van der Waals surface area contributed by atoms with Crippen molar-refractivity contribution in [3.8, 4) is 0 Å². The summed E-state index contributed by atoms with van der Waals surface area (Å²) in [5, 5.41) is 16.7. The summed E-state index contributed by atoms with van der Waals surface area (Å²) in [6.45, 7) is 3.66. The molecule has 1 aliphatic rings. The van der Waals surface area contributed by atoms with Gasteiger partial charge in [-0.05, 0) is 29.8 Å². The maximum Gasteiger partial charge on any atom is 0.242 e. The largest absolute Gasteiger partial charge is 0.396 e. The molecule has 1 unspecified atom stereocenters. The Bertz CT molecular complexity index is 852. The molecule has 2 aromatic carbocycles. The Kier molecular flexibility index (Phi) is 8.55. The van der Waals surface area contributed by atoms with Gasteiger partial charge >= 0.3 is 0 Å². The molecular weight excluding hydrogens is 414 g/mol. The fraction of sp³-hybridized carbons (Fsp3) is 0.391. The van der Waals surface area contributed by atoms with Gasteiger partial charge in [-0.15, -0.1) is 0 Å². The Balaban J connectivity index is 1.42. The van der Waals surface area contributed by atoms with Crippen molar-refractivity contribution in [3.63, 3.8) is 0 Å². The molecule has 0 aromatic heterocycles. The number of benzene rings is 2. The van der Waals surface area contributed by atoms with Crippen molar-refractivity contribution in [2.45, 2.75) is 5.92 Å². The minimum absolute atomic E-state index is 0.0326. The van der Waals surface area contributed by atoms with Crippen molar-refractivity contribution in [1.29, 1.82) is 0 Å². The minimum atomic E-state index is -0.0450. The highest BCUT2D eigenvalue weighted by atomic mass is 35.5. The molecular formula is C23H30ClN5O2. The smallest absolute Gasteiger partial charge is 0.242 e. The lowest BCUT2D eigenvalue weighted by molar-refractivity contribution is -0.130. The van der Waals surface area contributed by atoms with Crippen LogP contribution in [0.4, 0.5) is 5.69 Å². The van der Waals surface area contributed by atoms with E-state index in [1.54, 1.807) is 7.05 Å². The molecule has 8 heteroatoms. The molecule has 0 aliphatic carbocycles. The molecule has 1 amide bonds. The van der Waals surface area contributed by atoms with Gasteiger partial charge in [0.05, 0.1) is 13.2 Å². The number of rotatable bonds is 7. The number of nitrogens with zero attached hydrogens (tertiary/aromatic N) is 3. The van der Waals surface area contributed by atoms with E-state index < -0.39 is 0 Å². The highest BCUT2D eigenvalue weighted by Gasteiger charge is 2.21. The normalized spacial score (nSPS) is 15.5. The van der Waals surface area contributed by atoms with Gasteiger partial charge < -0.3 is 25.5 Å². The molecule has 0 spiro atoms. The molecule has 1 fully saturated rings. The van der Waals surface area contributed by atoms with E-state index in [0.717, 1.165) is 29.4 Å². The number of hydrogen-bond donors (Lipinski definition) is 3. The monoisotopic (exact) mass is 443 g/mol. The molecule has 0 bridgehead atoms. The lowest BCUT2D eigenvalue weighted by Crippen LogP contribution is -2.52. The van der Waals surface area contributed by atoms with E-state index in [0.29, 0.717) is 25.6 Å². The van der Waals surface area contributed by atoms with Crippen LogP contribution in [0.3, 0.4) is 0 Å². The van der Waals surface area contributed by atoms with Crippen molar-refractivity contribution < 1.29 is 9.90 Å². The van der Waals surface area contributed by atoms with Gasteiger partial charge in [-0.2, -0.15) is 0 Å². The third-order valence-corrected chi connectivity index (χ3v) is 5.71. The zero-order valence-electron chi connectivity index (χ0n) is 17.8. The predicted octanol–water partition coefficient (Wildman–Crippen LogP) is 1.93. The van der Waals surface area contributed by atoms with E-state index in [2.05, 4.69) is 20.5 Å². The van der Waals surface area contributed by atoms with Crippen LogP contribution in [0.2, 0.25) is 5.02 Å². The maximum atomic E-state index is 12.6. The molecule has 1 atom stereocenters. The third-order valence-electron chi connectivity index (χ3n) is 5.46. The molecule has 3 N–H and O–H groups in total. The second-order valence-electron chi connectivity index (χ2n) is 7.44. The second kappa shape index (κ2) is 11.6. The van der Waals surface area contributed by atoms with E-state index in [-0.39, 0.29) is 25.0 Å². The number of carbonyl (C=O) groups is 1. The average Bonchev–Trinajstić information content (AvgIpc) is 2.82. The third kappa shape index (κ3) is 6.60. The number of halogens is 1. The van der Waals surface area contributed by atoms with Crippen molar-refractivity contribution in [1.82, 2.24) is 15.5 Å². The Morgan fingerprint density at radius 2 is 1.74 bits per heavy atom. The van der Waals surface area contributed by atoms with Crippen LogP contribution in [0.25, 0.3) is 0 Å². The van der Waals surface area contributed by atoms with Gasteiger partial charge in [0, 0.05) is 56.4 Å². The van der Waals surface area contributed by atoms with Crippen LogP contribution in [0.5, 0.6) is 0 Å². The van der Waals surface area contributed by atoms with Crippen LogP contribution in [-0.2, 0) is 4.79 Å². The molecule has 31 heavy (non-hydrogen) atoms. The number of carbonyl (C=O) groups excluding carboxylic acids is 1. The first-order chi connectivity index (χ1) is 15.1. The van der Waals surface area contributed by atoms with Crippen molar-refractivity contribution >= 4 is 29.2 Å². The summed E-state index contributed by atoms with van der Waals surface area (Å²) in [6.07, 6.45) is 0. The van der Waals surface area contributed by atoms with Gasteiger partial charge in [-0.3, -0.25) is 9.79 Å². The first-order valence-corrected chi connectivity index (χ1v) is 10.9. The predicted molar refractivity (Wildman–Crippen MR) is 126 cm³/mol. The first-order valence-electron chi connectivity index (χ1n) is 10.5. The summed E-state index contributed by atoms with van der Waals surface area (Å²) >= 11 is 5.96.